The number of hydrogen-bond donors (Lipinski definition) is 1. The minimum Gasteiger partial charge on any atom is -0.338 e. The average molecular weight is 236 g/mol. The minimum atomic E-state index is -0.458. The lowest BCUT2D eigenvalue weighted by atomic mass is 9.94. The fourth-order valence-corrected chi connectivity index (χ4v) is 2.15. The second-order valence-corrected chi connectivity index (χ2v) is 4.66. The summed E-state index contributed by atoms with van der Waals surface area (Å²) in [5, 5.41) is 0. The number of benzene rings is 1. The lowest BCUT2D eigenvalue weighted by molar-refractivity contribution is 0.0659. The zero-order valence-corrected chi connectivity index (χ0v) is 9.90. The lowest BCUT2D eigenvalue weighted by Gasteiger charge is -2.35. The summed E-state index contributed by atoms with van der Waals surface area (Å²) in [7, 11) is 0. The van der Waals surface area contributed by atoms with Gasteiger partial charge in [-0.1, -0.05) is 19.1 Å². The van der Waals surface area contributed by atoms with Crippen molar-refractivity contribution < 1.29 is 9.18 Å². The number of hydrogen-bond acceptors (Lipinski definition) is 2. The molecular weight excluding hydrogens is 219 g/mol. The van der Waals surface area contributed by atoms with Gasteiger partial charge in [0.05, 0.1) is 5.56 Å². The van der Waals surface area contributed by atoms with Crippen molar-refractivity contribution in [3.8, 4) is 0 Å². The summed E-state index contributed by atoms with van der Waals surface area (Å²) in [6, 6.07) is 6.24. The van der Waals surface area contributed by atoms with Gasteiger partial charge in [0.25, 0.3) is 5.91 Å². The summed E-state index contributed by atoms with van der Waals surface area (Å²) in [6.45, 7) is 3.23. The van der Waals surface area contributed by atoms with Crippen LogP contribution in [0.4, 0.5) is 4.39 Å². The molecule has 1 aromatic rings. The Balaban J connectivity index is 2.14. The Morgan fingerprint density at radius 3 is 2.82 bits per heavy atom. The highest BCUT2D eigenvalue weighted by molar-refractivity contribution is 5.94. The van der Waals surface area contributed by atoms with Crippen molar-refractivity contribution in [2.45, 2.75) is 19.4 Å². The molecule has 17 heavy (non-hydrogen) atoms. The van der Waals surface area contributed by atoms with Crippen molar-refractivity contribution in [3.05, 3.63) is 35.6 Å². The number of carbonyl (C=O) groups excluding carboxylic acids is 1. The predicted octanol–water partition coefficient (Wildman–Crippen LogP) is 1.64. The number of carbonyl (C=O) groups is 1. The van der Waals surface area contributed by atoms with Gasteiger partial charge in [0.15, 0.2) is 0 Å². The lowest BCUT2D eigenvalue weighted by Crippen LogP contribution is -2.48. The molecule has 1 aliphatic heterocycles. The normalized spacial score (nSPS) is 24.8. The first-order chi connectivity index (χ1) is 8.09. The molecule has 1 saturated heterocycles. The minimum absolute atomic E-state index is 0.139. The van der Waals surface area contributed by atoms with Gasteiger partial charge in [-0.05, 0) is 24.5 Å². The second kappa shape index (κ2) is 4.84. The maximum Gasteiger partial charge on any atom is 0.256 e. The molecule has 92 valence electrons. The Hall–Kier alpha value is -1.42. The average Bonchev–Trinajstić information content (AvgIpc) is 2.32. The summed E-state index contributed by atoms with van der Waals surface area (Å²) in [5.41, 5.74) is 6.05. The van der Waals surface area contributed by atoms with E-state index < -0.39 is 5.82 Å². The SMILES string of the molecule is CC1CN(C(=O)c2ccccc2F)CCC1N. The Morgan fingerprint density at radius 2 is 2.18 bits per heavy atom. The third-order valence-electron chi connectivity index (χ3n) is 3.36. The fourth-order valence-electron chi connectivity index (χ4n) is 2.15. The third kappa shape index (κ3) is 2.47. The summed E-state index contributed by atoms with van der Waals surface area (Å²) in [4.78, 5) is 13.8. The smallest absolute Gasteiger partial charge is 0.256 e. The van der Waals surface area contributed by atoms with Crippen LogP contribution in [0.2, 0.25) is 0 Å². The molecule has 2 N–H and O–H groups in total. The number of nitrogens with zero attached hydrogens (tertiary/aromatic N) is 1. The first kappa shape index (κ1) is 12.0. The molecule has 0 bridgehead atoms. The molecule has 1 fully saturated rings. The Bertz CT molecular complexity index is 422. The van der Waals surface area contributed by atoms with E-state index in [9.17, 15) is 9.18 Å². The predicted molar refractivity (Wildman–Crippen MR) is 64.1 cm³/mol. The molecular formula is C13H17FN2O. The van der Waals surface area contributed by atoms with E-state index in [0.717, 1.165) is 6.42 Å². The maximum absolute atomic E-state index is 13.5. The number of rotatable bonds is 1. The van der Waals surface area contributed by atoms with Crippen molar-refractivity contribution in [2.75, 3.05) is 13.1 Å². The van der Waals surface area contributed by atoms with Crippen LogP contribution in [0.25, 0.3) is 0 Å². The standard InChI is InChI=1S/C13H17FN2O/c1-9-8-16(7-6-12(9)15)13(17)10-4-2-3-5-11(10)14/h2-5,9,12H,6-8,15H2,1H3. The number of amides is 1. The van der Waals surface area contributed by atoms with Crippen LogP contribution < -0.4 is 5.73 Å². The molecule has 3 nitrogen and oxygen atoms in total. The first-order valence-corrected chi connectivity index (χ1v) is 5.89. The molecule has 0 aliphatic carbocycles. The Labute approximate surface area is 100 Å². The summed E-state index contributed by atoms with van der Waals surface area (Å²) < 4.78 is 13.5. The van der Waals surface area contributed by atoms with Gasteiger partial charge in [-0.25, -0.2) is 4.39 Å². The molecule has 2 unspecified atom stereocenters. The monoisotopic (exact) mass is 236 g/mol. The van der Waals surface area contributed by atoms with Crippen LogP contribution in [-0.4, -0.2) is 29.9 Å². The van der Waals surface area contributed by atoms with Gasteiger partial charge < -0.3 is 10.6 Å². The van der Waals surface area contributed by atoms with Crippen LogP contribution in [0.1, 0.15) is 23.7 Å². The molecule has 2 rings (SSSR count). The molecule has 1 heterocycles. The van der Waals surface area contributed by atoms with Crippen LogP contribution in [0.3, 0.4) is 0 Å². The van der Waals surface area contributed by atoms with Gasteiger partial charge in [0, 0.05) is 19.1 Å². The number of nitrogens with two attached hydrogens (primary N) is 1. The topological polar surface area (TPSA) is 46.3 Å². The van der Waals surface area contributed by atoms with Gasteiger partial charge in [-0.3, -0.25) is 4.79 Å². The molecule has 1 aromatic carbocycles. The molecule has 1 amide bonds. The quantitative estimate of drug-likeness (QED) is 0.805. The second-order valence-electron chi connectivity index (χ2n) is 4.66. The first-order valence-electron chi connectivity index (χ1n) is 5.89. The third-order valence-corrected chi connectivity index (χ3v) is 3.36. The maximum atomic E-state index is 13.5. The van der Waals surface area contributed by atoms with E-state index in [1.807, 2.05) is 6.92 Å². The van der Waals surface area contributed by atoms with E-state index >= 15 is 0 Å². The molecule has 0 spiro atoms. The number of halogens is 1. The van der Waals surface area contributed by atoms with Crippen LogP contribution >= 0.6 is 0 Å². The van der Waals surface area contributed by atoms with Crippen LogP contribution in [0, 0.1) is 11.7 Å². The highest BCUT2D eigenvalue weighted by Crippen LogP contribution is 2.18. The summed E-state index contributed by atoms with van der Waals surface area (Å²) in [5.74, 6) is -0.429. The van der Waals surface area contributed by atoms with E-state index in [-0.39, 0.29) is 23.4 Å². The highest BCUT2D eigenvalue weighted by atomic mass is 19.1. The van der Waals surface area contributed by atoms with Crippen molar-refractivity contribution >= 4 is 5.91 Å². The number of piperidine rings is 1. The van der Waals surface area contributed by atoms with Gasteiger partial charge >= 0.3 is 0 Å². The van der Waals surface area contributed by atoms with Gasteiger partial charge in [0.1, 0.15) is 5.82 Å². The van der Waals surface area contributed by atoms with E-state index in [1.54, 1.807) is 17.0 Å². The zero-order chi connectivity index (χ0) is 12.4. The molecule has 4 heteroatoms. The van der Waals surface area contributed by atoms with Crippen LogP contribution in [-0.2, 0) is 0 Å². The van der Waals surface area contributed by atoms with E-state index in [4.69, 9.17) is 5.73 Å². The van der Waals surface area contributed by atoms with Gasteiger partial charge in [-0.2, -0.15) is 0 Å². The summed E-state index contributed by atoms with van der Waals surface area (Å²) in [6.07, 6.45) is 0.779. The van der Waals surface area contributed by atoms with E-state index in [0.29, 0.717) is 13.1 Å². The Morgan fingerprint density at radius 1 is 1.47 bits per heavy atom. The van der Waals surface area contributed by atoms with Crippen molar-refractivity contribution in [2.24, 2.45) is 11.7 Å². The number of likely N-dealkylation sites (tertiary alicyclic amines) is 1. The fraction of sp³-hybridized carbons (Fsp3) is 0.462. The Kier molecular flexibility index (Phi) is 3.43. The van der Waals surface area contributed by atoms with Crippen molar-refractivity contribution in [3.63, 3.8) is 0 Å². The van der Waals surface area contributed by atoms with Crippen molar-refractivity contribution in [1.82, 2.24) is 4.90 Å². The van der Waals surface area contributed by atoms with Crippen molar-refractivity contribution in [1.29, 1.82) is 0 Å². The summed E-state index contributed by atoms with van der Waals surface area (Å²) >= 11 is 0. The van der Waals surface area contributed by atoms with Gasteiger partial charge in [-0.15, -0.1) is 0 Å². The van der Waals surface area contributed by atoms with Crippen LogP contribution in [0.15, 0.2) is 24.3 Å². The molecule has 0 saturated carbocycles. The van der Waals surface area contributed by atoms with E-state index in [2.05, 4.69) is 0 Å². The highest BCUT2D eigenvalue weighted by Gasteiger charge is 2.27. The molecule has 2 atom stereocenters. The van der Waals surface area contributed by atoms with Gasteiger partial charge in [0.2, 0.25) is 0 Å². The molecule has 1 aliphatic rings. The molecule has 0 aromatic heterocycles. The zero-order valence-electron chi connectivity index (χ0n) is 9.90. The van der Waals surface area contributed by atoms with E-state index in [1.165, 1.54) is 12.1 Å². The largest absolute Gasteiger partial charge is 0.338 e. The van der Waals surface area contributed by atoms with Crippen LogP contribution in [0.5, 0.6) is 0 Å². The molecule has 0 radical (unpaired) electrons.